The van der Waals surface area contributed by atoms with Crippen LogP contribution in [0.15, 0.2) is 76.4 Å². The highest BCUT2D eigenvalue weighted by Crippen LogP contribution is 2.18. The van der Waals surface area contributed by atoms with E-state index in [0.29, 0.717) is 13.1 Å². The van der Waals surface area contributed by atoms with Gasteiger partial charge in [-0.2, -0.15) is 0 Å². The first-order valence-electron chi connectivity index (χ1n) is 8.93. The summed E-state index contributed by atoms with van der Waals surface area (Å²) in [6.07, 6.45) is 7.41. The van der Waals surface area contributed by atoms with Crippen LogP contribution in [0.5, 0.6) is 0 Å². The van der Waals surface area contributed by atoms with Crippen molar-refractivity contribution in [3.8, 4) is 0 Å². The second kappa shape index (κ2) is 12.4. The van der Waals surface area contributed by atoms with Gasteiger partial charge in [0.25, 0.3) is 0 Å². The smallest absolute Gasteiger partial charge is 0.240 e. The second-order valence-corrected chi connectivity index (χ2v) is 9.15. The van der Waals surface area contributed by atoms with E-state index in [1.54, 1.807) is 36.7 Å². The van der Waals surface area contributed by atoms with Crippen LogP contribution in [0.3, 0.4) is 0 Å². The zero-order valence-electron chi connectivity index (χ0n) is 16.3. The highest BCUT2D eigenvalue weighted by Gasteiger charge is 2.17. The van der Waals surface area contributed by atoms with Crippen LogP contribution in [-0.2, 0) is 10.0 Å². The maximum absolute atomic E-state index is 12.6. The normalized spacial score (nSPS) is 12.3. The molecule has 0 saturated carbocycles. The molecule has 1 heterocycles. The molecule has 5 nitrogen and oxygen atoms in total. The molecular weight excluding hydrogens is 509 g/mol. The first-order chi connectivity index (χ1) is 13.4. The summed E-state index contributed by atoms with van der Waals surface area (Å²) < 4.78 is 29.0. The molecule has 0 spiro atoms. The number of aromatic nitrogens is 1. The Bertz CT molecular complexity index is 1080. The van der Waals surface area contributed by atoms with Crippen molar-refractivity contribution in [1.29, 1.82) is 0 Å². The zero-order chi connectivity index (χ0) is 20.0. The first kappa shape index (κ1) is 26.6. The molecule has 2 aromatic carbocycles. The van der Waals surface area contributed by atoms with Gasteiger partial charge in [0.2, 0.25) is 10.0 Å². The molecular formula is C21H24BrCl2N3O2S. The van der Waals surface area contributed by atoms with Gasteiger partial charge in [0.05, 0.1) is 4.90 Å². The summed E-state index contributed by atoms with van der Waals surface area (Å²) >= 11 is 3.41. The van der Waals surface area contributed by atoms with E-state index >= 15 is 0 Å². The van der Waals surface area contributed by atoms with Crippen molar-refractivity contribution in [2.24, 2.45) is 0 Å². The lowest BCUT2D eigenvalue weighted by Crippen LogP contribution is -2.39. The molecule has 9 heteroatoms. The molecule has 0 aliphatic carbocycles. The summed E-state index contributed by atoms with van der Waals surface area (Å²) in [4.78, 5) is 4.30. The predicted octanol–water partition coefficient (Wildman–Crippen LogP) is 4.81. The zero-order valence-corrected chi connectivity index (χ0v) is 20.3. The number of benzene rings is 2. The number of nitrogens with zero attached hydrogens (tertiary/aromatic N) is 1. The molecule has 2 N–H and O–H groups in total. The van der Waals surface area contributed by atoms with E-state index in [2.05, 4.69) is 31.0 Å². The van der Waals surface area contributed by atoms with Crippen LogP contribution < -0.4 is 10.0 Å². The van der Waals surface area contributed by atoms with Crippen molar-refractivity contribution in [2.45, 2.75) is 17.9 Å². The molecule has 1 aromatic heterocycles. The van der Waals surface area contributed by atoms with E-state index in [4.69, 9.17) is 0 Å². The Morgan fingerprint density at radius 3 is 2.53 bits per heavy atom. The topological polar surface area (TPSA) is 71.1 Å². The van der Waals surface area contributed by atoms with Gasteiger partial charge in [-0.3, -0.25) is 4.98 Å². The van der Waals surface area contributed by atoms with Crippen LogP contribution in [-0.4, -0.2) is 32.5 Å². The maximum atomic E-state index is 12.6. The molecule has 0 saturated heterocycles. The Morgan fingerprint density at radius 1 is 1.07 bits per heavy atom. The Labute approximate surface area is 198 Å². The van der Waals surface area contributed by atoms with E-state index in [1.807, 2.05) is 43.3 Å². The van der Waals surface area contributed by atoms with Gasteiger partial charge in [-0.1, -0.05) is 46.3 Å². The first-order valence-corrected chi connectivity index (χ1v) is 11.2. The Morgan fingerprint density at radius 2 is 1.80 bits per heavy atom. The third-order valence-corrected chi connectivity index (χ3v) is 6.29. The predicted molar refractivity (Wildman–Crippen MR) is 132 cm³/mol. The molecule has 1 unspecified atom stereocenters. The van der Waals surface area contributed by atoms with Gasteiger partial charge < -0.3 is 5.32 Å². The van der Waals surface area contributed by atoms with Gasteiger partial charge in [0.15, 0.2) is 0 Å². The van der Waals surface area contributed by atoms with Crippen molar-refractivity contribution in [3.05, 3.63) is 77.0 Å². The van der Waals surface area contributed by atoms with Gasteiger partial charge in [0, 0.05) is 41.4 Å². The fraction of sp³-hybridized carbons (Fsp3) is 0.190. The second-order valence-electron chi connectivity index (χ2n) is 6.52. The molecule has 30 heavy (non-hydrogen) atoms. The lowest BCUT2D eigenvalue weighted by atomic mass is 10.2. The standard InChI is InChI=1S/C21H22BrN3O2S.2ClH/c1-16(14-23-11-2-3-17-4-7-20(22)8-5-17)25-28(26,27)21-9-6-19-15-24-12-10-18(19)13-21;;/h2-10,12-13,15-16,23,25H,11,14H2,1H3;2*1H. The van der Waals surface area contributed by atoms with Gasteiger partial charge >= 0.3 is 0 Å². The number of rotatable bonds is 8. The average Bonchev–Trinajstić information content (AvgIpc) is 2.68. The molecule has 3 aromatic rings. The SMILES string of the molecule is CC(CNCC=Cc1ccc(Br)cc1)NS(=O)(=O)c1ccc2cnccc2c1.Cl.Cl. The lowest BCUT2D eigenvalue weighted by molar-refractivity contribution is 0.545. The summed E-state index contributed by atoms with van der Waals surface area (Å²) in [5.41, 5.74) is 1.12. The van der Waals surface area contributed by atoms with E-state index < -0.39 is 10.0 Å². The summed E-state index contributed by atoms with van der Waals surface area (Å²) in [6.45, 7) is 3.03. The number of hydrogen-bond donors (Lipinski definition) is 2. The number of fused-ring (bicyclic) bond motifs is 1. The molecule has 0 bridgehead atoms. The Kier molecular flexibility index (Phi) is 11.0. The molecule has 0 radical (unpaired) electrons. The number of hydrogen-bond acceptors (Lipinski definition) is 4. The van der Waals surface area contributed by atoms with Crippen molar-refractivity contribution < 1.29 is 8.42 Å². The van der Waals surface area contributed by atoms with Crippen LogP contribution in [0.1, 0.15) is 12.5 Å². The van der Waals surface area contributed by atoms with Gasteiger partial charge in [-0.25, -0.2) is 13.1 Å². The van der Waals surface area contributed by atoms with E-state index in [1.165, 1.54) is 0 Å². The summed E-state index contributed by atoms with van der Waals surface area (Å²) in [7, 11) is -3.57. The Balaban J connectivity index is 0.00000225. The van der Waals surface area contributed by atoms with Gasteiger partial charge in [-0.15, -0.1) is 24.8 Å². The summed E-state index contributed by atoms with van der Waals surface area (Å²) in [5.74, 6) is 0. The lowest BCUT2D eigenvalue weighted by Gasteiger charge is -2.15. The largest absolute Gasteiger partial charge is 0.312 e. The highest BCUT2D eigenvalue weighted by atomic mass is 79.9. The van der Waals surface area contributed by atoms with Crippen molar-refractivity contribution in [3.63, 3.8) is 0 Å². The van der Waals surface area contributed by atoms with Crippen molar-refractivity contribution in [2.75, 3.05) is 13.1 Å². The van der Waals surface area contributed by atoms with E-state index in [9.17, 15) is 8.42 Å². The molecule has 1 atom stereocenters. The fourth-order valence-electron chi connectivity index (χ4n) is 2.76. The molecule has 0 fully saturated rings. The van der Waals surface area contributed by atoms with E-state index in [0.717, 1.165) is 20.8 Å². The summed E-state index contributed by atoms with van der Waals surface area (Å²) in [6, 6.07) is 14.6. The molecule has 3 rings (SSSR count). The quantitative estimate of drug-likeness (QED) is 0.408. The number of nitrogens with one attached hydrogen (secondary N) is 2. The third-order valence-electron chi connectivity index (χ3n) is 4.17. The van der Waals surface area contributed by atoms with Crippen molar-refractivity contribution in [1.82, 2.24) is 15.0 Å². The number of sulfonamides is 1. The molecule has 162 valence electrons. The molecule has 0 aliphatic rings. The van der Waals surface area contributed by atoms with Gasteiger partial charge in [-0.05, 0) is 48.2 Å². The molecule has 0 aliphatic heterocycles. The highest BCUT2D eigenvalue weighted by molar-refractivity contribution is 9.10. The van der Waals surface area contributed by atoms with Crippen LogP contribution in [0.25, 0.3) is 16.8 Å². The minimum Gasteiger partial charge on any atom is -0.312 e. The average molecular weight is 533 g/mol. The van der Waals surface area contributed by atoms with Gasteiger partial charge in [0.1, 0.15) is 0 Å². The summed E-state index contributed by atoms with van der Waals surface area (Å²) in [5, 5.41) is 5.00. The fourth-order valence-corrected chi connectivity index (χ4v) is 4.30. The van der Waals surface area contributed by atoms with Crippen LogP contribution >= 0.6 is 40.7 Å². The number of halogens is 3. The van der Waals surface area contributed by atoms with Crippen LogP contribution in [0.2, 0.25) is 0 Å². The van der Waals surface area contributed by atoms with Crippen LogP contribution in [0.4, 0.5) is 0 Å². The van der Waals surface area contributed by atoms with Crippen LogP contribution in [0, 0.1) is 0 Å². The Hall–Kier alpha value is -1.48. The minimum absolute atomic E-state index is 0. The third kappa shape index (κ3) is 7.65. The minimum atomic E-state index is -3.57. The van der Waals surface area contributed by atoms with E-state index in [-0.39, 0.29) is 35.8 Å². The maximum Gasteiger partial charge on any atom is 0.240 e. The molecule has 0 amide bonds. The monoisotopic (exact) mass is 531 g/mol. The van der Waals surface area contributed by atoms with Crippen molar-refractivity contribution >= 4 is 67.6 Å². The number of pyridine rings is 1.